The highest BCUT2D eigenvalue weighted by atomic mass is 127. The smallest absolute Gasteiger partial charge is 0.373 e. The summed E-state index contributed by atoms with van der Waals surface area (Å²) in [6.45, 7) is 11.1. The summed E-state index contributed by atoms with van der Waals surface area (Å²) < 4.78 is 19.7. The van der Waals surface area contributed by atoms with E-state index < -0.39 is 8.80 Å². The van der Waals surface area contributed by atoms with E-state index in [2.05, 4.69) is 74.6 Å². The fraction of sp³-hybridized carbons (Fsp3) is 0.739. The molecule has 1 unspecified atom stereocenters. The highest BCUT2D eigenvalue weighted by Crippen LogP contribution is 2.28. The van der Waals surface area contributed by atoms with Crippen LogP contribution >= 0.6 is 22.6 Å². The molecule has 0 aliphatic heterocycles. The third kappa shape index (κ3) is 12.0. The van der Waals surface area contributed by atoms with E-state index >= 15 is 0 Å². The summed E-state index contributed by atoms with van der Waals surface area (Å²) in [5, 5.41) is 0. The molecular formula is C23H41IO3Si2. The molecule has 1 aromatic carbocycles. The second-order valence-corrected chi connectivity index (χ2v) is 11.6. The van der Waals surface area contributed by atoms with Crippen molar-refractivity contribution in [1.29, 1.82) is 0 Å². The first kappa shape index (κ1) is 29.3. The second-order valence-electron chi connectivity index (χ2n) is 7.41. The van der Waals surface area contributed by atoms with Crippen molar-refractivity contribution in [3.63, 3.8) is 0 Å². The maximum atomic E-state index is 6.38. The van der Waals surface area contributed by atoms with E-state index in [-0.39, 0.29) is 11.0 Å². The van der Waals surface area contributed by atoms with Gasteiger partial charge in [-0.1, -0.05) is 93.8 Å². The van der Waals surface area contributed by atoms with Crippen molar-refractivity contribution in [3.8, 4) is 0 Å². The zero-order valence-corrected chi connectivity index (χ0v) is 23.1. The summed E-state index contributed by atoms with van der Waals surface area (Å²) in [6, 6.07) is 9.87. The van der Waals surface area contributed by atoms with Crippen molar-refractivity contribution in [2.75, 3.05) is 19.8 Å². The van der Waals surface area contributed by atoms with Gasteiger partial charge < -0.3 is 13.3 Å². The second kappa shape index (κ2) is 17.9. The highest BCUT2D eigenvalue weighted by Gasteiger charge is 2.40. The largest absolute Gasteiger partial charge is 0.501 e. The lowest BCUT2D eigenvalue weighted by Crippen LogP contribution is -2.47. The standard InChI is InChI=1S/C23H41IO3Si.Si/c1-5-9-16-25-28(26-17-10-6-2,27-18-11-7-3)19-15-21-13-12-14-22(20-21)23(24)8-4;/h12-14,20,23H,5-11,15-19H2,1-4H3;. The molecule has 4 radical (unpaired) electrons. The van der Waals surface area contributed by atoms with Crippen molar-refractivity contribution in [3.05, 3.63) is 35.4 Å². The molecule has 3 nitrogen and oxygen atoms in total. The molecule has 1 aromatic rings. The number of benzene rings is 1. The summed E-state index contributed by atoms with van der Waals surface area (Å²) in [6.07, 6.45) is 8.68. The number of unbranched alkanes of at least 4 members (excludes halogenated alkanes) is 3. The van der Waals surface area contributed by atoms with Crippen LogP contribution in [0, 0.1) is 0 Å². The van der Waals surface area contributed by atoms with E-state index in [1.807, 2.05) is 0 Å². The Kier molecular flexibility index (Phi) is 18.1. The van der Waals surface area contributed by atoms with Gasteiger partial charge in [-0.15, -0.1) is 0 Å². The van der Waals surface area contributed by atoms with Gasteiger partial charge in [-0.3, -0.25) is 0 Å². The lowest BCUT2D eigenvalue weighted by Gasteiger charge is -2.30. The molecular weight excluding hydrogens is 507 g/mol. The van der Waals surface area contributed by atoms with Gasteiger partial charge in [0.05, 0.1) is 0 Å². The maximum Gasteiger partial charge on any atom is 0.501 e. The number of aryl methyl sites for hydroxylation is 1. The molecule has 0 N–H and O–H groups in total. The number of hydrogen-bond donors (Lipinski definition) is 0. The van der Waals surface area contributed by atoms with Crippen molar-refractivity contribution >= 4 is 42.4 Å². The van der Waals surface area contributed by atoms with E-state index in [9.17, 15) is 0 Å². The number of alkyl halides is 1. The third-order valence-corrected chi connectivity index (χ3v) is 9.24. The Morgan fingerprint density at radius 1 is 0.862 bits per heavy atom. The molecule has 0 bridgehead atoms. The number of hydrogen-bond acceptors (Lipinski definition) is 3. The SMILES string of the molecule is CCCCO[Si](CCc1cccc(C(I)CC)c1)(OCCCC)OCCCC.[Si]. The van der Waals surface area contributed by atoms with Gasteiger partial charge in [0.1, 0.15) is 0 Å². The van der Waals surface area contributed by atoms with Gasteiger partial charge in [-0.25, -0.2) is 0 Å². The van der Waals surface area contributed by atoms with Crippen LogP contribution in [0.25, 0.3) is 0 Å². The molecule has 0 saturated carbocycles. The van der Waals surface area contributed by atoms with Crippen LogP contribution in [-0.4, -0.2) is 39.6 Å². The maximum absolute atomic E-state index is 6.38. The minimum atomic E-state index is -2.64. The Labute approximate surface area is 199 Å². The summed E-state index contributed by atoms with van der Waals surface area (Å²) >= 11 is 2.53. The average Bonchev–Trinajstić information content (AvgIpc) is 2.72. The van der Waals surface area contributed by atoms with E-state index in [0.717, 1.165) is 77.2 Å². The molecule has 1 atom stereocenters. The molecule has 0 saturated heterocycles. The number of halogens is 1. The Balaban J connectivity index is 0.00000784. The molecule has 0 spiro atoms. The first-order chi connectivity index (χ1) is 13.6. The van der Waals surface area contributed by atoms with Crippen molar-refractivity contribution < 1.29 is 13.3 Å². The zero-order valence-electron chi connectivity index (χ0n) is 19.0. The van der Waals surface area contributed by atoms with Gasteiger partial charge in [0, 0.05) is 40.8 Å². The molecule has 0 aliphatic rings. The Bertz CT molecular complexity index is 490. The molecule has 6 heteroatoms. The molecule has 0 aromatic heterocycles. The number of rotatable bonds is 17. The fourth-order valence-electron chi connectivity index (χ4n) is 2.93. The summed E-state index contributed by atoms with van der Waals surface area (Å²) in [7, 11) is -2.64. The van der Waals surface area contributed by atoms with Crippen molar-refractivity contribution in [2.45, 2.75) is 89.0 Å². The van der Waals surface area contributed by atoms with Crippen LogP contribution in [0.3, 0.4) is 0 Å². The Morgan fingerprint density at radius 2 is 1.38 bits per heavy atom. The first-order valence-electron chi connectivity index (χ1n) is 11.3. The van der Waals surface area contributed by atoms with Crippen molar-refractivity contribution in [2.24, 2.45) is 0 Å². The molecule has 0 amide bonds. The monoisotopic (exact) mass is 548 g/mol. The quantitative estimate of drug-likeness (QED) is 0.0898. The van der Waals surface area contributed by atoms with E-state index in [1.165, 1.54) is 11.1 Å². The fourth-order valence-corrected chi connectivity index (χ4v) is 5.97. The molecule has 1 rings (SSSR count). The predicted octanol–water partition coefficient (Wildman–Crippen LogP) is 7.12. The van der Waals surface area contributed by atoms with Crippen LogP contribution in [0.2, 0.25) is 6.04 Å². The first-order valence-corrected chi connectivity index (χ1v) is 14.4. The van der Waals surface area contributed by atoms with Gasteiger partial charge in [-0.05, 0) is 43.2 Å². The van der Waals surface area contributed by atoms with E-state index in [0.29, 0.717) is 3.92 Å². The summed E-state index contributed by atoms with van der Waals surface area (Å²) in [5.74, 6) is 0. The van der Waals surface area contributed by atoms with Gasteiger partial charge in [0.2, 0.25) is 0 Å². The minimum absolute atomic E-state index is 0. The van der Waals surface area contributed by atoms with Gasteiger partial charge in [-0.2, -0.15) is 0 Å². The normalized spacial score (nSPS) is 12.6. The van der Waals surface area contributed by atoms with Crippen LogP contribution in [0.1, 0.15) is 87.7 Å². The van der Waals surface area contributed by atoms with Gasteiger partial charge >= 0.3 is 8.80 Å². The predicted molar refractivity (Wildman–Crippen MR) is 136 cm³/mol. The molecule has 0 heterocycles. The Morgan fingerprint density at radius 3 is 1.83 bits per heavy atom. The topological polar surface area (TPSA) is 27.7 Å². The van der Waals surface area contributed by atoms with Crippen LogP contribution in [0.15, 0.2) is 24.3 Å². The third-order valence-electron chi connectivity index (χ3n) is 4.85. The highest BCUT2D eigenvalue weighted by molar-refractivity contribution is 14.1. The van der Waals surface area contributed by atoms with Crippen LogP contribution < -0.4 is 0 Å². The molecule has 0 fully saturated rings. The van der Waals surface area contributed by atoms with Gasteiger partial charge in [0.25, 0.3) is 0 Å². The summed E-state index contributed by atoms with van der Waals surface area (Å²) in [4.78, 5) is 0. The molecule has 0 aliphatic carbocycles. The van der Waals surface area contributed by atoms with Crippen molar-refractivity contribution in [1.82, 2.24) is 0 Å². The minimum Gasteiger partial charge on any atom is -0.373 e. The molecule has 166 valence electrons. The van der Waals surface area contributed by atoms with Crippen LogP contribution in [-0.2, 0) is 19.7 Å². The zero-order chi connectivity index (χ0) is 20.7. The van der Waals surface area contributed by atoms with Crippen LogP contribution in [0.4, 0.5) is 0 Å². The van der Waals surface area contributed by atoms with E-state index in [4.69, 9.17) is 13.3 Å². The lowest BCUT2D eigenvalue weighted by atomic mass is 10.1. The lowest BCUT2D eigenvalue weighted by molar-refractivity contribution is 0.0564. The van der Waals surface area contributed by atoms with Crippen LogP contribution in [0.5, 0.6) is 0 Å². The van der Waals surface area contributed by atoms with Gasteiger partial charge in [0.15, 0.2) is 0 Å². The van der Waals surface area contributed by atoms with E-state index in [1.54, 1.807) is 0 Å². The summed E-state index contributed by atoms with van der Waals surface area (Å²) in [5.41, 5.74) is 2.78. The average molecular weight is 549 g/mol. The Hall–Kier alpha value is 0.264. The molecule has 29 heavy (non-hydrogen) atoms.